The zero-order valence-corrected chi connectivity index (χ0v) is 11.8. The second-order valence-corrected chi connectivity index (χ2v) is 6.14. The van der Waals surface area contributed by atoms with Crippen molar-refractivity contribution in [3.05, 3.63) is 27.5 Å². The third kappa shape index (κ3) is 2.50. The van der Waals surface area contributed by atoms with Gasteiger partial charge in [0.15, 0.2) is 0 Å². The first-order chi connectivity index (χ1) is 9.26. The van der Waals surface area contributed by atoms with Gasteiger partial charge in [-0.25, -0.2) is 10.8 Å². The Morgan fingerprint density at radius 1 is 1.37 bits per heavy atom. The van der Waals surface area contributed by atoms with E-state index in [1.807, 2.05) is 11.7 Å². The van der Waals surface area contributed by atoms with Gasteiger partial charge in [-0.15, -0.1) is 22.7 Å². The Hall–Kier alpha value is -1.77. The van der Waals surface area contributed by atoms with E-state index in [2.05, 4.69) is 38.7 Å². The number of nitrogens with zero attached hydrogens (tertiary/aromatic N) is 3. The lowest BCUT2D eigenvalue weighted by atomic mass is 10.3. The molecule has 0 aliphatic rings. The summed E-state index contributed by atoms with van der Waals surface area (Å²) in [5, 5.41) is 4.33. The van der Waals surface area contributed by atoms with Gasteiger partial charge >= 0.3 is 0 Å². The molecule has 3 heterocycles. The van der Waals surface area contributed by atoms with Crippen molar-refractivity contribution in [3.8, 4) is 0 Å². The average Bonchev–Trinajstić information content (AvgIpc) is 3.03. The van der Waals surface area contributed by atoms with E-state index in [-0.39, 0.29) is 0 Å². The van der Waals surface area contributed by atoms with Crippen LogP contribution < -0.4 is 16.6 Å². The van der Waals surface area contributed by atoms with Crippen molar-refractivity contribution >= 4 is 44.7 Å². The molecule has 0 amide bonds. The Bertz CT molecular complexity index is 691. The Labute approximate surface area is 117 Å². The van der Waals surface area contributed by atoms with E-state index in [0.29, 0.717) is 12.5 Å². The van der Waals surface area contributed by atoms with Crippen LogP contribution in [0, 0.1) is 6.92 Å². The molecule has 0 aliphatic carbocycles. The maximum Gasteiger partial charge on any atom is 0.240 e. The molecule has 6 nitrogen and oxygen atoms in total. The van der Waals surface area contributed by atoms with E-state index >= 15 is 0 Å². The maximum atomic E-state index is 5.40. The number of thiophene rings is 1. The maximum absolute atomic E-state index is 5.40. The van der Waals surface area contributed by atoms with Crippen LogP contribution in [-0.2, 0) is 6.54 Å². The number of nitrogens with one attached hydrogen (secondary N) is 2. The van der Waals surface area contributed by atoms with Gasteiger partial charge in [0.1, 0.15) is 10.6 Å². The summed E-state index contributed by atoms with van der Waals surface area (Å²) >= 11 is 3.23. The molecular weight excluding hydrogens is 280 g/mol. The number of rotatable bonds is 4. The van der Waals surface area contributed by atoms with Crippen molar-refractivity contribution < 1.29 is 0 Å². The minimum atomic E-state index is 0.418. The van der Waals surface area contributed by atoms with Crippen LogP contribution in [0.3, 0.4) is 0 Å². The highest BCUT2D eigenvalue weighted by atomic mass is 32.1. The molecule has 0 atom stereocenters. The minimum Gasteiger partial charge on any atom is -0.364 e. The van der Waals surface area contributed by atoms with Crippen LogP contribution in [-0.4, -0.2) is 15.0 Å². The highest BCUT2D eigenvalue weighted by Crippen LogP contribution is 2.29. The number of hydrogen-bond donors (Lipinski definition) is 3. The molecular formula is C11H12N6S2. The lowest BCUT2D eigenvalue weighted by Crippen LogP contribution is -2.11. The summed E-state index contributed by atoms with van der Waals surface area (Å²) in [5.74, 6) is 6.61. The van der Waals surface area contributed by atoms with Gasteiger partial charge in [0.25, 0.3) is 0 Å². The molecule has 4 N–H and O–H groups in total. The summed E-state index contributed by atoms with van der Waals surface area (Å²) < 4.78 is 0. The van der Waals surface area contributed by atoms with Crippen molar-refractivity contribution in [2.75, 3.05) is 10.7 Å². The third-order valence-electron chi connectivity index (χ3n) is 2.56. The molecule has 0 saturated carbocycles. The summed E-state index contributed by atoms with van der Waals surface area (Å²) in [5.41, 5.74) is 4.31. The van der Waals surface area contributed by atoms with Crippen LogP contribution in [0.4, 0.5) is 11.8 Å². The SMILES string of the molecule is Cc1cc2c(NCc3cncs3)nc(NN)nc2s1. The first-order valence-electron chi connectivity index (χ1n) is 5.62. The van der Waals surface area contributed by atoms with Crippen LogP contribution in [0.25, 0.3) is 10.2 Å². The van der Waals surface area contributed by atoms with E-state index in [4.69, 9.17) is 5.84 Å². The highest BCUT2D eigenvalue weighted by molar-refractivity contribution is 7.18. The van der Waals surface area contributed by atoms with Crippen molar-refractivity contribution in [1.29, 1.82) is 0 Å². The first-order valence-corrected chi connectivity index (χ1v) is 7.32. The molecule has 98 valence electrons. The zero-order chi connectivity index (χ0) is 13.2. The molecule has 0 spiro atoms. The fraction of sp³-hybridized carbons (Fsp3) is 0.182. The largest absolute Gasteiger partial charge is 0.364 e. The second-order valence-electron chi connectivity index (χ2n) is 3.94. The van der Waals surface area contributed by atoms with Crippen molar-refractivity contribution in [3.63, 3.8) is 0 Å². The van der Waals surface area contributed by atoms with Gasteiger partial charge in [-0.05, 0) is 13.0 Å². The quantitative estimate of drug-likeness (QED) is 0.505. The standard InChI is InChI=1S/C11H12N6S2/c1-6-2-8-9(14-4-7-3-13-5-18-7)15-11(17-12)16-10(8)19-6/h2-3,5H,4,12H2,1H3,(H2,14,15,16,17). The van der Waals surface area contributed by atoms with Gasteiger partial charge in [-0.2, -0.15) is 4.98 Å². The Kier molecular flexibility index (Phi) is 3.28. The van der Waals surface area contributed by atoms with Crippen LogP contribution in [0.2, 0.25) is 0 Å². The van der Waals surface area contributed by atoms with Gasteiger partial charge in [0.05, 0.1) is 17.4 Å². The van der Waals surface area contributed by atoms with Gasteiger partial charge < -0.3 is 5.32 Å². The van der Waals surface area contributed by atoms with Gasteiger partial charge in [0, 0.05) is 16.0 Å². The lowest BCUT2D eigenvalue weighted by molar-refractivity contribution is 1.10. The number of nitrogen functional groups attached to an aromatic ring is 1. The number of aromatic nitrogens is 3. The minimum absolute atomic E-state index is 0.418. The molecule has 0 unspecified atom stereocenters. The van der Waals surface area contributed by atoms with Crippen molar-refractivity contribution in [1.82, 2.24) is 15.0 Å². The number of thiazole rings is 1. The summed E-state index contributed by atoms with van der Waals surface area (Å²) in [7, 11) is 0. The second kappa shape index (κ2) is 5.08. The van der Waals surface area contributed by atoms with Gasteiger partial charge in [-0.1, -0.05) is 0 Å². The molecule has 8 heteroatoms. The van der Waals surface area contributed by atoms with E-state index in [9.17, 15) is 0 Å². The summed E-state index contributed by atoms with van der Waals surface area (Å²) in [6, 6.07) is 2.08. The number of aryl methyl sites for hydroxylation is 1. The topological polar surface area (TPSA) is 88.8 Å². The number of hydrazine groups is 1. The summed E-state index contributed by atoms with van der Waals surface area (Å²) in [6.07, 6.45) is 1.84. The van der Waals surface area contributed by atoms with E-state index < -0.39 is 0 Å². The molecule has 0 bridgehead atoms. The van der Waals surface area contributed by atoms with E-state index in [1.165, 1.54) is 4.88 Å². The molecule has 0 fully saturated rings. The fourth-order valence-corrected chi connectivity index (χ4v) is 3.16. The Morgan fingerprint density at radius 3 is 3.00 bits per heavy atom. The van der Waals surface area contributed by atoms with Crippen LogP contribution in [0.15, 0.2) is 17.8 Å². The molecule has 3 rings (SSSR count). The smallest absolute Gasteiger partial charge is 0.240 e. The van der Waals surface area contributed by atoms with Crippen LogP contribution in [0.5, 0.6) is 0 Å². The predicted octanol–water partition coefficient (Wildman–Crippen LogP) is 2.35. The van der Waals surface area contributed by atoms with E-state index in [1.54, 1.807) is 22.7 Å². The Morgan fingerprint density at radius 2 is 2.26 bits per heavy atom. The number of nitrogens with two attached hydrogens (primary N) is 1. The molecule has 3 aromatic rings. The first kappa shape index (κ1) is 12.3. The molecule has 19 heavy (non-hydrogen) atoms. The molecule has 3 aromatic heterocycles. The highest BCUT2D eigenvalue weighted by Gasteiger charge is 2.10. The van der Waals surface area contributed by atoms with Gasteiger partial charge in [0.2, 0.25) is 5.95 Å². The van der Waals surface area contributed by atoms with Crippen molar-refractivity contribution in [2.45, 2.75) is 13.5 Å². The average molecular weight is 292 g/mol. The van der Waals surface area contributed by atoms with E-state index in [0.717, 1.165) is 20.9 Å². The normalized spacial score (nSPS) is 10.8. The fourth-order valence-electron chi connectivity index (χ4n) is 1.74. The number of anilines is 2. The van der Waals surface area contributed by atoms with Crippen LogP contribution in [0.1, 0.15) is 9.75 Å². The third-order valence-corrected chi connectivity index (χ3v) is 4.28. The predicted molar refractivity (Wildman–Crippen MR) is 79.4 cm³/mol. The number of fused-ring (bicyclic) bond motifs is 1. The van der Waals surface area contributed by atoms with Crippen molar-refractivity contribution in [2.24, 2.45) is 5.84 Å². The lowest BCUT2D eigenvalue weighted by Gasteiger charge is -2.07. The summed E-state index contributed by atoms with van der Waals surface area (Å²) in [4.78, 5) is 16.0. The molecule has 0 radical (unpaired) electrons. The number of hydrogen-bond acceptors (Lipinski definition) is 8. The summed E-state index contributed by atoms with van der Waals surface area (Å²) in [6.45, 7) is 2.74. The van der Waals surface area contributed by atoms with Crippen LogP contribution >= 0.6 is 22.7 Å². The molecule has 0 aliphatic heterocycles. The monoisotopic (exact) mass is 292 g/mol. The molecule has 0 aromatic carbocycles. The molecule has 0 saturated heterocycles. The zero-order valence-electron chi connectivity index (χ0n) is 10.2. The van der Waals surface area contributed by atoms with Gasteiger partial charge in [-0.3, -0.25) is 10.4 Å². The Balaban J connectivity index is 1.96.